The molecular weight excluding hydrogens is 226 g/mol. The number of allylic oxidation sites excluding steroid dienone is 5. The third kappa shape index (κ3) is 1.98. The molecule has 0 aromatic carbocycles. The Hall–Kier alpha value is -1.51. The van der Waals surface area contributed by atoms with Crippen LogP contribution in [0.5, 0.6) is 0 Å². The molecule has 0 radical (unpaired) electrons. The number of primary amides is 1. The van der Waals surface area contributed by atoms with Crippen LogP contribution in [-0.4, -0.2) is 12.2 Å². The standard InChI is InChI=1S/C15H19NO2/c16-15(17)18-14-7-3-6-12-11-5-2-1-4-10(11)8-9-13(12)14/h1,4,8-9,11-12,14H,2-3,5-7H2,(H2,16,17). The average molecular weight is 245 g/mol. The van der Waals surface area contributed by atoms with E-state index in [1.807, 2.05) is 0 Å². The largest absolute Gasteiger partial charge is 0.442 e. The van der Waals surface area contributed by atoms with Crippen LogP contribution in [0.1, 0.15) is 32.1 Å². The third-order valence-electron chi connectivity index (χ3n) is 4.38. The summed E-state index contributed by atoms with van der Waals surface area (Å²) in [6.07, 6.45) is 13.7. The molecule has 0 aromatic rings. The van der Waals surface area contributed by atoms with Gasteiger partial charge in [-0.1, -0.05) is 24.3 Å². The highest BCUT2D eigenvalue weighted by atomic mass is 16.6. The SMILES string of the molecule is NC(=O)OC1CCCC2C1=CC=C1C=CCCC12. The van der Waals surface area contributed by atoms with Gasteiger partial charge in [-0.15, -0.1) is 0 Å². The molecular formula is C15H19NO2. The van der Waals surface area contributed by atoms with Gasteiger partial charge >= 0.3 is 6.09 Å². The molecule has 2 N–H and O–H groups in total. The zero-order chi connectivity index (χ0) is 12.5. The van der Waals surface area contributed by atoms with E-state index in [-0.39, 0.29) is 6.10 Å². The van der Waals surface area contributed by atoms with Crippen LogP contribution in [0.25, 0.3) is 0 Å². The lowest BCUT2D eigenvalue weighted by atomic mass is 9.67. The van der Waals surface area contributed by atoms with E-state index in [2.05, 4.69) is 24.3 Å². The Morgan fingerprint density at radius 1 is 1.22 bits per heavy atom. The molecule has 1 amide bonds. The molecule has 3 heteroatoms. The van der Waals surface area contributed by atoms with E-state index in [4.69, 9.17) is 10.5 Å². The Morgan fingerprint density at radius 3 is 2.94 bits per heavy atom. The first-order valence-electron chi connectivity index (χ1n) is 6.80. The number of ether oxygens (including phenoxy) is 1. The average Bonchev–Trinajstić information content (AvgIpc) is 2.38. The minimum Gasteiger partial charge on any atom is -0.442 e. The molecule has 3 rings (SSSR count). The van der Waals surface area contributed by atoms with Gasteiger partial charge in [-0.2, -0.15) is 0 Å². The molecule has 1 fully saturated rings. The fourth-order valence-corrected chi connectivity index (χ4v) is 3.62. The first-order valence-corrected chi connectivity index (χ1v) is 6.80. The number of hydrogen-bond donors (Lipinski definition) is 1. The zero-order valence-electron chi connectivity index (χ0n) is 10.5. The van der Waals surface area contributed by atoms with Gasteiger partial charge in [0.1, 0.15) is 6.10 Å². The van der Waals surface area contributed by atoms with Gasteiger partial charge in [-0.25, -0.2) is 4.79 Å². The monoisotopic (exact) mass is 245 g/mol. The summed E-state index contributed by atoms with van der Waals surface area (Å²) in [6.45, 7) is 0. The van der Waals surface area contributed by atoms with Crippen molar-refractivity contribution in [2.24, 2.45) is 17.6 Å². The summed E-state index contributed by atoms with van der Waals surface area (Å²) in [5.74, 6) is 1.17. The number of amides is 1. The lowest BCUT2D eigenvalue weighted by molar-refractivity contribution is 0.0953. The summed E-state index contributed by atoms with van der Waals surface area (Å²) in [5, 5.41) is 0. The fourth-order valence-electron chi connectivity index (χ4n) is 3.62. The number of carbonyl (C=O) groups excluding carboxylic acids is 1. The molecule has 0 aromatic heterocycles. The molecule has 3 unspecified atom stereocenters. The maximum absolute atomic E-state index is 11.0. The summed E-state index contributed by atoms with van der Waals surface area (Å²) in [4.78, 5) is 11.0. The highest BCUT2D eigenvalue weighted by molar-refractivity contribution is 5.65. The molecule has 3 atom stereocenters. The molecule has 0 spiro atoms. The summed E-state index contributed by atoms with van der Waals surface area (Å²) >= 11 is 0. The minimum absolute atomic E-state index is 0.0926. The Labute approximate surface area is 107 Å². The number of nitrogens with two attached hydrogens (primary N) is 1. The van der Waals surface area contributed by atoms with Crippen LogP contribution < -0.4 is 5.73 Å². The molecule has 96 valence electrons. The first-order chi connectivity index (χ1) is 8.75. The highest BCUT2D eigenvalue weighted by Gasteiger charge is 2.37. The van der Waals surface area contributed by atoms with Crippen LogP contribution in [0.2, 0.25) is 0 Å². The van der Waals surface area contributed by atoms with Crippen molar-refractivity contribution in [1.82, 2.24) is 0 Å². The van der Waals surface area contributed by atoms with Gasteiger partial charge in [0.05, 0.1) is 0 Å². The summed E-state index contributed by atoms with van der Waals surface area (Å²) < 4.78 is 5.26. The molecule has 0 heterocycles. The quantitative estimate of drug-likeness (QED) is 0.771. The van der Waals surface area contributed by atoms with E-state index < -0.39 is 6.09 Å². The van der Waals surface area contributed by atoms with Crippen LogP contribution in [0.4, 0.5) is 4.79 Å². The van der Waals surface area contributed by atoms with Crippen molar-refractivity contribution in [2.45, 2.75) is 38.2 Å². The van der Waals surface area contributed by atoms with Gasteiger partial charge in [0.25, 0.3) is 0 Å². The molecule has 0 saturated heterocycles. The van der Waals surface area contributed by atoms with Crippen LogP contribution in [0, 0.1) is 11.8 Å². The molecule has 3 aliphatic rings. The van der Waals surface area contributed by atoms with Crippen molar-refractivity contribution >= 4 is 6.09 Å². The third-order valence-corrected chi connectivity index (χ3v) is 4.38. The normalized spacial score (nSPS) is 33.9. The Kier molecular flexibility index (Phi) is 2.98. The molecule has 18 heavy (non-hydrogen) atoms. The molecule has 3 nitrogen and oxygen atoms in total. The maximum atomic E-state index is 11.0. The zero-order valence-corrected chi connectivity index (χ0v) is 10.5. The Morgan fingerprint density at radius 2 is 2.11 bits per heavy atom. The maximum Gasteiger partial charge on any atom is 0.405 e. The van der Waals surface area contributed by atoms with Crippen LogP contribution >= 0.6 is 0 Å². The van der Waals surface area contributed by atoms with E-state index in [0.717, 1.165) is 19.3 Å². The number of fused-ring (bicyclic) bond motifs is 3. The van der Waals surface area contributed by atoms with Crippen LogP contribution in [-0.2, 0) is 4.74 Å². The molecule has 1 saturated carbocycles. The predicted molar refractivity (Wildman–Crippen MR) is 69.8 cm³/mol. The van der Waals surface area contributed by atoms with Crippen molar-refractivity contribution in [3.63, 3.8) is 0 Å². The fraction of sp³-hybridized carbons (Fsp3) is 0.533. The molecule has 0 bridgehead atoms. The molecule has 0 aliphatic heterocycles. The highest BCUT2D eigenvalue weighted by Crippen LogP contribution is 2.45. The Bertz CT molecular complexity index is 447. The van der Waals surface area contributed by atoms with Crippen LogP contribution in [0.3, 0.4) is 0 Å². The second-order valence-corrected chi connectivity index (χ2v) is 5.38. The second-order valence-electron chi connectivity index (χ2n) is 5.38. The van der Waals surface area contributed by atoms with Crippen molar-refractivity contribution in [3.8, 4) is 0 Å². The van der Waals surface area contributed by atoms with Gasteiger partial charge in [-0.05, 0) is 55.1 Å². The van der Waals surface area contributed by atoms with E-state index in [1.54, 1.807) is 0 Å². The first kappa shape index (κ1) is 11.6. The van der Waals surface area contributed by atoms with Crippen molar-refractivity contribution < 1.29 is 9.53 Å². The van der Waals surface area contributed by atoms with Gasteiger partial charge in [0.15, 0.2) is 0 Å². The van der Waals surface area contributed by atoms with Crippen LogP contribution in [0.15, 0.2) is 35.5 Å². The lowest BCUT2D eigenvalue weighted by Crippen LogP contribution is -2.35. The van der Waals surface area contributed by atoms with Crippen molar-refractivity contribution in [1.29, 1.82) is 0 Å². The van der Waals surface area contributed by atoms with Crippen molar-refractivity contribution in [2.75, 3.05) is 0 Å². The van der Waals surface area contributed by atoms with E-state index in [1.165, 1.54) is 24.0 Å². The van der Waals surface area contributed by atoms with Gasteiger partial charge < -0.3 is 10.5 Å². The predicted octanol–water partition coefficient (Wildman–Crippen LogP) is 3.08. The molecule has 3 aliphatic carbocycles. The lowest BCUT2D eigenvalue weighted by Gasteiger charge is -2.40. The minimum atomic E-state index is -0.653. The summed E-state index contributed by atoms with van der Waals surface area (Å²) in [5.41, 5.74) is 7.88. The smallest absolute Gasteiger partial charge is 0.405 e. The van der Waals surface area contributed by atoms with Gasteiger partial charge in [-0.3, -0.25) is 0 Å². The van der Waals surface area contributed by atoms with E-state index >= 15 is 0 Å². The van der Waals surface area contributed by atoms with E-state index in [9.17, 15) is 4.79 Å². The Balaban J connectivity index is 1.88. The number of carbonyl (C=O) groups is 1. The van der Waals surface area contributed by atoms with Gasteiger partial charge in [0, 0.05) is 0 Å². The van der Waals surface area contributed by atoms with Crippen molar-refractivity contribution in [3.05, 3.63) is 35.5 Å². The summed E-state index contributed by atoms with van der Waals surface area (Å²) in [7, 11) is 0. The number of rotatable bonds is 1. The topological polar surface area (TPSA) is 52.3 Å². The van der Waals surface area contributed by atoms with Gasteiger partial charge in [0.2, 0.25) is 0 Å². The second kappa shape index (κ2) is 4.63. The summed E-state index contributed by atoms with van der Waals surface area (Å²) in [6, 6.07) is 0. The number of hydrogen-bond acceptors (Lipinski definition) is 2. The van der Waals surface area contributed by atoms with E-state index in [0.29, 0.717) is 11.8 Å².